The Balaban J connectivity index is 1.41. The van der Waals surface area contributed by atoms with Crippen LogP contribution in [0.3, 0.4) is 0 Å². The molecule has 1 fully saturated rings. The first-order valence-electron chi connectivity index (χ1n) is 9.14. The molecule has 11 heteroatoms. The van der Waals surface area contributed by atoms with E-state index >= 15 is 0 Å². The van der Waals surface area contributed by atoms with Crippen LogP contribution in [0.2, 0.25) is 10.0 Å². The molecule has 1 N–H and O–H groups in total. The molecule has 0 saturated carbocycles. The summed E-state index contributed by atoms with van der Waals surface area (Å²) in [5, 5.41) is 12.1. The second-order valence-electron chi connectivity index (χ2n) is 6.60. The molecule has 0 radical (unpaired) electrons. The van der Waals surface area contributed by atoms with Gasteiger partial charge in [0, 0.05) is 49.3 Å². The Hall–Kier alpha value is -2.46. The Morgan fingerprint density at radius 1 is 0.900 bits per heavy atom. The number of hydrogen-bond donors (Lipinski definition) is 1. The summed E-state index contributed by atoms with van der Waals surface area (Å²) < 4.78 is 27.3. The maximum atomic E-state index is 12.9. The maximum Gasteiger partial charge on any atom is 0.244 e. The van der Waals surface area contributed by atoms with Crippen molar-refractivity contribution in [3.8, 4) is 0 Å². The lowest BCUT2D eigenvalue weighted by atomic mass is 10.3. The van der Waals surface area contributed by atoms with Gasteiger partial charge in [-0.3, -0.25) is 4.98 Å². The number of sulfonamides is 1. The molecule has 2 aromatic heterocycles. The van der Waals surface area contributed by atoms with Crippen molar-refractivity contribution in [1.82, 2.24) is 19.5 Å². The van der Waals surface area contributed by atoms with Crippen LogP contribution in [0.4, 0.5) is 17.3 Å². The Kier molecular flexibility index (Phi) is 6.05. The molecular weight excluding hydrogens is 447 g/mol. The second-order valence-corrected chi connectivity index (χ2v) is 9.35. The van der Waals surface area contributed by atoms with Crippen molar-refractivity contribution >= 4 is 50.5 Å². The van der Waals surface area contributed by atoms with E-state index in [1.807, 2.05) is 29.2 Å². The van der Waals surface area contributed by atoms with Crippen LogP contribution < -0.4 is 10.2 Å². The molecule has 1 aromatic carbocycles. The average molecular weight is 465 g/mol. The fourth-order valence-electron chi connectivity index (χ4n) is 3.12. The molecule has 3 heterocycles. The van der Waals surface area contributed by atoms with Gasteiger partial charge in [-0.2, -0.15) is 4.31 Å². The molecule has 0 unspecified atom stereocenters. The third-order valence-corrected chi connectivity index (χ3v) is 7.29. The zero-order valence-electron chi connectivity index (χ0n) is 15.7. The van der Waals surface area contributed by atoms with Crippen molar-refractivity contribution in [1.29, 1.82) is 0 Å². The highest BCUT2D eigenvalue weighted by molar-refractivity contribution is 7.89. The molecule has 0 amide bonds. The minimum Gasteiger partial charge on any atom is -0.352 e. The largest absolute Gasteiger partial charge is 0.352 e. The van der Waals surface area contributed by atoms with Gasteiger partial charge in [-0.15, -0.1) is 10.2 Å². The van der Waals surface area contributed by atoms with Crippen molar-refractivity contribution in [2.75, 3.05) is 36.4 Å². The molecule has 4 rings (SSSR count). The van der Waals surface area contributed by atoms with Gasteiger partial charge in [-0.05, 0) is 42.5 Å². The quantitative estimate of drug-likeness (QED) is 0.617. The second kappa shape index (κ2) is 8.73. The molecule has 1 saturated heterocycles. The van der Waals surface area contributed by atoms with E-state index in [1.165, 1.54) is 16.4 Å². The Morgan fingerprint density at radius 2 is 1.63 bits per heavy atom. The van der Waals surface area contributed by atoms with E-state index in [9.17, 15) is 8.42 Å². The number of anilines is 3. The number of aromatic nitrogens is 3. The van der Waals surface area contributed by atoms with E-state index in [0.29, 0.717) is 42.8 Å². The molecule has 1 aliphatic heterocycles. The van der Waals surface area contributed by atoms with E-state index in [-0.39, 0.29) is 9.92 Å². The van der Waals surface area contributed by atoms with Crippen molar-refractivity contribution in [2.24, 2.45) is 0 Å². The molecule has 0 spiro atoms. The zero-order valence-corrected chi connectivity index (χ0v) is 18.1. The first-order valence-corrected chi connectivity index (χ1v) is 11.3. The number of piperazine rings is 1. The van der Waals surface area contributed by atoms with E-state index in [4.69, 9.17) is 23.2 Å². The molecule has 0 bridgehead atoms. The lowest BCUT2D eigenvalue weighted by Gasteiger charge is -2.34. The third-order valence-electron chi connectivity index (χ3n) is 4.68. The van der Waals surface area contributed by atoms with Gasteiger partial charge in [-0.1, -0.05) is 23.2 Å². The predicted octanol–water partition coefficient (Wildman–Crippen LogP) is 3.43. The van der Waals surface area contributed by atoms with E-state index in [1.54, 1.807) is 18.5 Å². The van der Waals surface area contributed by atoms with Crippen LogP contribution in [-0.2, 0) is 10.0 Å². The monoisotopic (exact) mass is 464 g/mol. The topological polar surface area (TPSA) is 91.3 Å². The third kappa shape index (κ3) is 4.49. The van der Waals surface area contributed by atoms with Crippen LogP contribution in [0.5, 0.6) is 0 Å². The number of rotatable bonds is 5. The van der Waals surface area contributed by atoms with Crippen molar-refractivity contribution in [2.45, 2.75) is 4.90 Å². The fraction of sp³-hybridized carbons (Fsp3) is 0.211. The predicted molar refractivity (Wildman–Crippen MR) is 117 cm³/mol. The molecule has 0 atom stereocenters. The molecule has 1 aliphatic rings. The van der Waals surface area contributed by atoms with E-state index in [2.05, 4.69) is 20.5 Å². The highest BCUT2D eigenvalue weighted by Crippen LogP contribution is 2.28. The summed E-state index contributed by atoms with van der Waals surface area (Å²) in [6.07, 6.45) is 3.38. The SMILES string of the molecule is O=S(=O)(c1cc(Cl)ccc1Cl)N1CCN(c2ccc(Nc3ccncc3)nn2)CC1. The molecule has 156 valence electrons. The van der Waals surface area contributed by atoms with Gasteiger partial charge in [0.15, 0.2) is 11.6 Å². The van der Waals surface area contributed by atoms with Crippen LogP contribution in [0.1, 0.15) is 0 Å². The Morgan fingerprint density at radius 3 is 2.30 bits per heavy atom. The first kappa shape index (κ1) is 20.8. The minimum absolute atomic E-state index is 0.0245. The van der Waals surface area contributed by atoms with Crippen molar-refractivity contribution < 1.29 is 8.42 Å². The van der Waals surface area contributed by atoms with Crippen LogP contribution in [0.15, 0.2) is 59.8 Å². The average Bonchev–Trinajstić information content (AvgIpc) is 2.77. The minimum atomic E-state index is -3.72. The summed E-state index contributed by atoms with van der Waals surface area (Å²) in [5.41, 5.74) is 0.866. The van der Waals surface area contributed by atoms with E-state index < -0.39 is 10.0 Å². The Labute approximate surface area is 184 Å². The molecule has 3 aromatic rings. The van der Waals surface area contributed by atoms with Gasteiger partial charge in [0.25, 0.3) is 0 Å². The number of halogens is 2. The van der Waals surface area contributed by atoms with E-state index in [0.717, 1.165) is 5.69 Å². The molecule has 8 nitrogen and oxygen atoms in total. The maximum absolute atomic E-state index is 12.9. The summed E-state index contributed by atoms with van der Waals surface area (Å²) in [5.74, 6) is 1.30. The summed E-state index contributed by atoms with van der Waals surface area (Å²) in [6.45, 7) is 1.60. The summed E-state index contributed by atoms with van der Waals surface area (Å²) in [6, 6.07) is 11.8. The van der Waals surface area contributed by atoms with Gasteiger partial charge in [0.1, 0.15) is 4.90 Å². The molecule has 0 aliphatic carbocycles. The standard InChI is InChI=1S/C19H18Cl2N6O2S/c20-14-1-2-16(21)17(13-14)30(28,29)27-11-9-26(10-12-27)19-4-3-18(24-25-19)23-15-5-7-22-8-6-15/h1-8,13H,9-12H2,(H,22,23,24). The summed E-state index contributed by atoms with van der Waals surface area (Å²) in [7, 11) is -3.72. The van der Waals surface area contributed by atoms with Gasteiger partial charge in [0.2, 0.25) is 10.0 Å². The first-order chi connectivity index (χ1) is 14.4. The number of nitrogens with one attached hydrogen (secondary N) is 1. The number of benzene rings is 1. The van der Waals surface area contributed by atoms with Gasteiger partial charge in [0.05, 0.1) is 5.02 Å². The summed E-state index contributed by atoms with van der Waals surface area (Å²) in [4.78, 5) is 5.99. The van der Waals surface area contributed by atoms with Crippen LogP contribution >= 0.6 is 23.2 Å². The zero-order chi connectivity index (χ0) is 21.1. The lowest BCUT2D eigenvalue weighted by molar-refractivity contribution is 0.383. The van der Waals surface area contributed by atoms with Crippen molar-refractivity contribution in [3.63, 3.8) is 0 Å². The van der Waals surface area contributed by atoms with Crippen molar-refractivity contribution in [3.05, 3.63) is 64.9 Å². The van der Waals surface area contributed by atoms with Crippen LogP contribution in [0.25, 0.3) is 0 Å². The highest BCUT2D eigenvalue weighted by Gasteiger charge is 2.30. The Bertz CT molecular complexity index is 1120. The highest BCUT2D eigenvalue weighted by atomic mass is 35.5. The lowest BCUT2D eigenvalue weighted by Crippen LogP contribution is -2.49. The summed E-state index contributed by atoms with van der Waals surface area (Å²) >= 11 is 12.1. The smallest absolute Gasteiger partial charge is 0.244 e. The fourth-order valence-corrected chi connectivity index (χ4v) is 5.27. The number of nitrogens with zero attached hydrogens (tertiary/aromatic N) is 5. The van der Waals surface area contributed by atoms with Gasteiger partial charge in [-0.25, -0.2) is 8.42 Å². The molecule has 30 heavy (non-hydrogen) atoms. The van der Waals surface area contributed by atoms with Crippen LogP contribution in [0, 0.1) is 0 Å². The molecular formula is C19H18Cl2N6O2S. The number of pyridine rings is 1. The number of hydrogen-bond acceptors (Lipinski definition) is 7. The normalized spacial score (nSPS) is 15.2. The van der Waals surface area contributed by atoms with Crippen LogP contribution in [-0.4, -0.2) is 54.1 Å². The van der Waals surface area contributed by atoms with Gasteiger partial charge >= 0.3 is 0 Å². The van der Waals surface area contributed by atoms with Gasteiger partial charge < -0.3 is 10.2 Å².